The summed E-state index contributed by atoms with van der Waals surface area (Å²) in [5, 5.41) is 5.74. The third kappa shape index (κ3) is 4.07. The van der Waals surface area contributed by atoms with Crippen molar-refractivity contribution in [2.24, 2.45) is 0 Å². The van der Waals surface area contributed by atoms with Gasteiger partial charge in [-0.2, -0.15) is 4.98 Å². The number of nitrogens with zero attached hydrogens (tertiary/aromatic N) is 2. The van der Waals surface area contributed by atoms with Crippen molar-refractivity contribution < 1.29 is 4.79 Å². The highest BCUT2D eigenvalue weighted by atomic mass is 35.5. The van der Waals surface area contributed by atoms with E-state index < -0.39 is 6.04 Å². The third-order valence-corrected chi connectivity index (χ3v) is 2.15. The molecule has 0 aliphatic carbocycles. The van der Waals surface area contributed by atoms with Crippen LogP contribution in [0.1, 0.15) is 20.8 Å². The van der Waals surface area contributed by atoms with Gasteiger partial charge in [0.2, 0.25) is 11.2 Å². The number of carbonyl (C=O) groups excluding carboxylic acids is 1. The first-order chi connectivity index (χ1) is 7.90. The van der Waals surface area contributed by atoms with E-state index in [0.29, 0.717) is 11.5 Å². The lowest BCUT2D eigenvalue weighted by atomic mass is 10.2. The number of rotatable bonds is 4. The Morgan fingerprint density at radius 1 is 1.47 bits per heavy atom. The molecule has 1 atom stereocenters. The molecule has 94 valence electrons. The van der Waals surface area contributed by atoms with Crippen LogP contribution in [-0.2, 0) is 4.79 Å². The Kier molecular flexibility index (Phi) is 4.51. The number of nitrogens with two attached hydrogens (primary N) is 1. The van der Waals surface area contributed by atoms with Crippen LogP contribution < -0.4 is 16.4 Å². The highest BCUT2D eigenvalue weighted by Crippen LogP contribution is 2.16. The molecule has 1 aromatic heterocycles. The number of carbonyl (C=O) groups is 1. The number of nitrogens with one attached hydrogen (secondary N) is 2. The molecule has 0 aromatic carbocycles. The van der Waals surface area contributed by atoms with E-state index in [4.69, 9.17) is 17.3 Å². The average Bonchev–Trinajstić information content (AvgIpc) is 2.22. The van der Waals surface area contributed by atoms with Crippen LogP contribution in [-0.4, -0.2) is 28.0 Å². The molecule has 1 aromatic rings. The molecule has 0 aliphatic rings. The first-order valence-electron chi connectivity index (χ1n) is 5.25. The molecule has 0 fully saturated rings. The van der Waals surface area contributed by atoms with E-state index in [-0.39, 0.29) is 17.2 Å². The molecule has 0 spiro atoms. The van der Waals surface area contributed by atoms with E-state index >= 15 is 0 Å². The summed E-state index contributed by atoms with van der Waals surface area (Å²) in [7, 11) is 0. The molecule has 0 saturated carbocycles. The summed E-state index contributed by atoms with van der Waals surface area (Å²) < 4.78 is 0. The molecule has 17 heavy (non-hydrogen) atoms. The van der Waals surface area contributed by atoms with Crippen molar-refractivity contribution in [3.63, 3.8) is 0 Å². The zero-order valence-electron chi connectivity index (χ0n) is 9.99. The van der Waals surface area contributed by atoms with Crippen LogP contribution >= 0.6 is 11.6 Å². The number of nitrogen functional groups attached to an aromatic ring is 1. The van der Waals surface area contributed by atoms with Crippen LogP contribution in [0.3, 0.4) is 0 Å². The lowest BCUT2D eigenvalue weighted by Gasteiger charge is -2.17. The number of hydrogen-bond donors (Lipinski definition) is 3. The average molecular weight is 258 g/mol. The smallest absolute Gasteiger partial charge is 0.242 e. The lowest BCUT2D eigenvalue weighted by molar-refractivity contribution is -0.122. The monoisotopic (exact) mass is 257 g/mol. The largest absolute Gasteiger partial charge is 0.394 e. The fourth-order valence-corrected chi connectivity index (χ4v) is 1.30. The predicted octanol–water partition coefficient (Wildman–Crippen LogP) is 1.04. The first-order valence-corrected chi connectivity index (χ1v) is 5.63. The molecule has 1 rings (SSSR count). The van der Waals surface area contributed by atoms with Crippen LogP contribution in [0.15, 0.2) is 6.20 Å². The summed E-state index contributed by atoms with van der Waals surface area (Å²) in [6.45, 7) is 5.49. The van der Waals surface area contributed by atoms with E-state index in [9.17, 15) is 4.79 Å². The Morgan fingerprint density at radius 2 is 2.12 bits per heavy atom. The van der Waals surface area contributed by atoms with Crippen molar-refractivity contribution in [3.8, 4) is 0 Å². The third-order valence-electron chi connectivity index (χ3n) is 1.97. The maximum Gasteiger partial charge on any atom is 0.242 e. The number of halogens is 1. The Labute approximate surface area is 105 Å². The van der Waals surface area contributed by atoms with E-state index in [1.54, 1.807) is 6.92 Å². The van der Waals surface area contributed by atoms with Gasteiger partial charge in [0.05, 0.1) is 11.9 Å². The predicted molar refractivity (Wildman–Crippen MR) is 67.8 cm³/mol. The SMILES string of the molecule is CC(C)NC(=O)C(C)Nc1nc(Cl)ncc1N. The van der Waals surface area contributed by atoms with E-state index in [0.717, 1.165) is 0 Å². The molecule has 1 amide bonds. The van der Waals surface area contributed by atoms with E-state index in [2.05, 4.69) is 20.6 Å². The lowest BCUT2D eigenvalue weighted by Crippen LogP contribution is -2.41. The van der Waals surface area contributed by atoms with Gasteiger partial charge in [-0.05, 0) is 32.4 Å². The summed E-state index contributed by atoms with van der Waals surface area (Å²) in [6, 6.07) is -0.372. The van der Waals surface area contributed by atoms with Crippen LogP contribution in [0.5, 0.6) is 0 Å². The second-order valence-corrected chi connectivity index (χ2v) is 4.31. The molecule has 0 saturated heterocycles. The van der Waals surface area contributed by atoms with Gasteiger partial charge in [0.25, 0.3) is 0 Å². The maximum atomic E-state index is 11.7. The molecule has 0 aliphatic heterocycles. The fraction of sp³-hybridized carbons (Fsp3) is 0.500. The molecule has 0 bridgehead atoms. The maximum absolute atomic E-state index is 11.7. The zero-order chi connectivity index (χ0) is 13.0. The minimum Gasteiger partial charge on any atom is -0.394 e. The van der Waals surface area contributed by atoms with Gasteiger partial charge in [-0.3, -0.25) is 4.79 Å². The Hall–Kier alpha value is -1.56. The summed E-state index contributed by atoms with van der Waals surface area (Å²) in [4.78, 5) is 19.3. The van der Waals surface area contributed by atoms with Gasteiger partial charge in [-0.25, -0.2) is 4.98 Å². The van der Waals surface area contributed by atoms with Gasteiger partial charge in [0.1, 0.15) is 6.04 Å². The minimum absolute atomic E-state index is 0.0816. The van der Waals surface area contributed by atoms with E-state index in [1.165, 1.54) is 6.20 Å². The highest BCUT2D eigenvalue weighted by molar-refractivity contribution is 6.28. The molecule has 4 N–H and O–H groups in total. The normalized spacial score (nSPS) is 12.3. The number of hydrogen-bond acceptors (Lipinski definition) is 5. The minimum atomic E-state index is -0.453. The number of aromatic nitrogens is 2. The summed E-state index contributed by atoms with van der Waals surface area (Å²) in [5.74, 6) is 0.227. The van der Waals surface area contributed by atoms with Crippen LogP contribution in [0, 0.1) is 0 Å². The first kappa shape index (κ1) is 13.5. The van der Waals surface area contributed by atoms with Crippen LogP contribution in [0.2, 0.25) is 5.28 Å². The number of anilines is 2. The van der Waals surface area contributed by atoms with Gasteiger partial charge < -0.3 is 16.4 Å². The molecule has 1 heterocycles. The van der Waals surface area contributed by atoms with Gasteiger partial charge in [0.15, 0.2) is 5.82 Å². The van der Waals surface area contributed by atoms with Crippen molar-refractivity contribution in [2.75, 3.05) is 11.1 Å². The molecule has 0 radical (unpaired) electrons. The fourth-order valence-electron chi connectivity index (χ4n) is 1.17. The Balaban J connectivity index is 2.70. The summed E-state index contributed by atoms with van der Waals surface area (Å²) >= 11 is 5.65. The summed E-state index contributed by atoms with van der Waals surface area (Å²) in [5.41, 5.74) is 6.01. The van der Waals surface area contributed by atoms with Crippen molar-refractivity contribution in [2.45, 2.75) is 32.9 Å². The van der Waals surface area contributed by atoms with Crippen LogP contribution in [0.25, 0.3) is 0 Å². The van der Waals surface area contributed by atoms with Gasteiger partial charge >= 0.3 is 0 Å². The standard InChI is InChI=1S/C10H16ClN5O/c1-5(2)14-9(17)6(3)15-8-7(12)4-13-10(11)16-8/h4-6H,12H2,1-3H3,(H,14,17)(H,13,15,16). The van der Waals surface area contributed by atoms with Gasteiger partial charge in [-0.1, -0.05) is 0 Å². The van der Waals surface area contributed by atoms with Crippen molar-refractivity contribution in [1.82, 2.24) is 15.3 Å². The van der Waals surface area contributed by atoms with E-state index in [1.807, 2.05) is 13.8 Å². The van der Waals surface area contributed by atoms with Crippen molar-refractivity contribution >= 4 is 29.0 Å². The summed E-state index contributed by atoms with van der Waals surface area (Å²) in [6.07, 6.45) is 1.39. The molecular weight excluding hydrogens is 242 g/mol. The Morgan fingerprint density at radius 3 is 2.71 bits per heavy atom. The van der Waals surface area contributed by atoms with Gasteiger partial charge in [0, 0.05) is 6.04 Å². The van der Waals surface area contributed by atoms with Crippen LogP contribution in [0.4, 0.5) is 11.5 Å². The van der Waals surface area contributed by atoms with Gasteiger partial charge in [-0.15, -0.1) is 0 Å². The molecule has 6 nitrogen and oxygen atoms in total. The topological polar surface area (TPSA) is 92.9 Å². The molecular formula is C10H16ClN5O. The second kappa shape index (κ2) is 5.67. The zero-order valence-corrected chi connectivity index (χ0v) is 10.7. The quantitative estimate of drug-likeness (QED) is 0.701. The molecule has 1 unspecified atom stereocenters. The Bertz CT molecular complexity index is 410. The van der Waals surface area contributed by atoms with Crippen molar-refractivity contribution in [3.05, 3.63) is 11.5 Å². The second-order valence-electron chi connectivity index (χ2n) is 3.97. The highest BCUT2D eigenvalue weighted by Gasteiger charge is 2.15. The number of amides is 1. The van der Waals surface area contributed by atoms with Crippen molar-refractivity contribution in [1.29, 1.82) is 0 Å². The molecule has 7 heteroatoms.